The van der Waals surface area contributed by atoms with E-state index in [0.29, 0.717) is 13.1 Å². The molecule has 1 amide bonds. The van der Waals surface area contributed by atoms with Crippen molar-refractivity contribution in [2.75, 3.05) is 20.2 Å². The van der Waals surface area contributed by atoms with Gasteiger partial charge in [-0.2, -0.15) is 0 Å². The minimum absolute atomic E-state index is 0.320. The van der Waals surface area contributed by atoms with Crippen molar-refractivity contribution in [2.24, 2.45) is 0 Å². The lowest BCUT2D eigenvalue weighted by Gasteiger charge is -2.16. The summed E-state index contributed by atoms with van der Waals surface area (Å²) in [6.45, 7) is 2.95. The first-order valence-corrected chi connectivity index (χ1v) is 3.52. The number of carbonyl (C=O) groups is 1. The fourth-order valence-corrected chi connectivity index (χ4v) is 0.744. The van der Waals surface area contributed by atoms with Crippen LogP contribution in [-0.4, -0.2) is 31.2 Å². The molecule has 0 heterocycles. The molecule has 3 nitrogen and oxygen atoms in total. The highest BCUT2D eigenvalue weighted by Crippen LogP contribution is 1.93. The van der Waals surface area contributed by atoms with Crippen molar-refractivity contribution in [2.45, 2.75) is 13.3 Å². The molecule has 0 N–H and O–H groups in total. The Balaban J connectivity index is 3.89. The van der Waals surface area contributed by atoms with Gasteiger partial charge in [0.25, 0.3) is 0 Å². The van der Waals surface area contributed by atoms with E-state index in [4.69, 9.17) is 6.42 Å². The van der Waals surface area contributed by atoms with E-state index in [0.717, 1.165) is 6.42 Å². The zero-order valence-electron chi connectivity index (χ0n) is 6.96. The molecule has 0 spiro atoms. The van der Waals surface area contributed by atoms with Crippen LogP contribution < -0.4 is 0 Å². The Hall–Kier alpha value is -1.17. The highest BCUT2D eigenvalue weighted by atomic mass is 16.5. The van der Waals surface area contributed by atoms with E-state index < -0.39 is 0 Å². The largest absolute Gasteiger partial charge is 0.453 e. The minimum atomic E-state index is -0.357. The molecule has 0 aromatic rings. The second-order valence-corrected chi connectivity index (χ2v) is 2.10. The zero-order valence-corrected chi connectivity index (χ0v) is 6.96. The number of rotatable bonds is 3. The van der Waals surface area contributed by atoms with Crippen LogP contribution in [0.4, 0.5) is 4.79 Å². The molecule has 0 radical (unpaired) electrons. The normalized spacial score (nSPS) is 8.45. The monoisotopic (exact) mass is 155 g/mol. The molecule has 0 aromatic carbocycles. The Morgan fingerprint density at radius 2 is 2.36 bits per heavy atom. The van der Waals surface area contributed by atoms with E-state index in [9.17, 15) is 4.79 Å². The topological polar surface area (TPSA) is 29.5 Å². The SMILES string of the molecule is C#CCN(CCC)C(=O)OC. The van der Waals surface area contributed by atoms with Gasteiger partial charge in [-0.3, -0.25) is 4.90 Å². The molecule has 62 valence electrons. The maximum atomic E-state index is 10.9. The van der Waals surface area contributed by atoms with Crippen molar-refractivity contribution < 1.29 is 9.53 Å². The number of hydrogen-bond acceptors (Lipinski definition) is 2. The quantitative estimate of drug-likeness (QED) is 0.571. The molecule has 0 unspecified atom stereocenters. The summed E-state index contributed by atoms with van der Waals surface area (Å²) in [5, 5.41) is 0. The predicted octanol–water partition coefficient (Wildman–Crippen LogP) is 1.10. The van der Waals surface area contributed by atoms with Crippen molar-refractivity contribution >= 4 is 6.09 Å². The van der Waals surface area contributed by atoms with E-state index >= 15 is 0 Å². The van der Waals surface area contributed by atoms with Gasteiger partial charge >= 0.3 is 6.09 Å². The average Bonchev–Trinajstić information content (AvgIpc) is 2.03. The first-order chi connectivity index (χ1) is 5.26. The van der Waals surface area contributed by atoms with Gasteiger partial charge < -0.3 is 4.74 Å². The molecule has 0 aliphatic rings. The first-order valence-electron chi connectivity index (χ1n) is 3.52. The standard InChI is InChI=1S/C8H13NO2/c1-4-6-9(7-5-2)8(10)11-3/h1H,5-7H2,2-3H3. The second-order valence-electron chi connectivity index (χ2n) is 2.10. The lowest BCUT2D eigenvalue weighted by molar-refractivity contribution is 0.129. The summed E-state index contributed by atoms with van der Waals surface area (Å²) in [4.78, 5) is 12.4. The summed E-state index contributed by atoms with van der Waals surface area (Å²) in [6.07, 6.45) is 5.58. The van der Waals surface area contributed by atoms with Gasteiger partial charge in [0.05, 0.1) is 13.7 Å². The average molecular weight is 155 g/mol. The maximum absolute atomic E-state index is 10.9. The molecule has 0 rings (SSSR count). The molecule has 0 aliphatic carbocycles. The number of terminal acetylenes is 1. The number of methoxy groups -OCH3 is 1. The van der Waals surface area contributed by atoms with E-state index in [1.807, 2.05) is 6.92 Å². The van der Waals surface area contributed by atoms with Gasteiger partial charge in [-0.1, -0.05) is 12.8 Å². The number of hydrogen-bond donors (Lipinski definition) is 0. The Bertz CT molecular complexity index is 160. The van der Waals surface area contributed by atoms with Crippen LogP contribution in [0.1, 0.15) is 13.3 Å². The fourth-order valence-electron chi connectivity index (χ4n) is 0.744. The summed E-state index contributed by atoms with van der Waals surface area (Å²) in [5.74, 6) is 2.39. The van der Waals surface area contributed by atoms with Gasteiger partial charge in [0.2, 0.25) is 0 Å². The van der Waals surface area contributed by atoms with Crippen LogP contribution in [-0.2, 0) is 4.74 Å². The summed E-state index contributed by atoms with van der Waals surface area (Å²) in [7, 11) is 1.35. The predicted molar refractivity (Wildman–Crippen MR) is 43.1 cm³/mol. The number of nitrogens with zero attached hydrogens (tertiary/aromatic N) is 1. The van der Waals surface area contributed by atoms with Crippen LogP contribution in [0.5, 0.6) is 0 Å². The van der Waals surface area contributed by atoms with Crippen LogP contribution in [0.15, 0.2) is 0 Å². The Morgan fingerprint density at radius 3 is 2.73 bits per heavy atom. The van der Waals surface area contributed by atoms with Crippen LogP contribution in [0.3, 0.4) is 0 Å². The summed E-state index contributed by atoms with van der Waals surface area (Å²) < 4.78 is 4.51. The van der Waals surface area contributed by atoms with Crippen molar-refractivity contribution in [3.8, 4) is 12.3 Å². The van der Waals surface area contributed by atoms with Crippen LogP contribution in [0.2, 0.25) is 0 Å². The van der Waals surface area contributed by atoms with Crippen LogP contribution in [0.25, 0.3) is 0 Å². The molecule has 0 aliphatic heterocycles. The molecule has 0 saturated carbocycles. The van der Waals surface area contributed by atoms with E-state index in [1.54, 1.807) is 0 Å². The second kappa shape index (κ2) is 5.60. The lowest BCUT2D eigenvalue weighted by atomic mass is 10.4. The Labute approximate surface area is 67.3 Å². The Morgan fingerprint density at radius 1 is 1.73 bits per heavy atom. The fraction of sp³-hybridized carbons (Fsp3) is 0.625. The highest BCUT2D eigenvalue weighted by Gasteiger charge is 2.09. The molecule has 0 fully saturated rings. The van der Waals surface area contributed by atoms with Gasteiger partial charge in [0.15, 0.2) is 0 Å². The third-order valence-corrected chi connectivity index (χ3v) is 1.21. The Kier molecular flexibility index (Phi) is 5.01. The van der Waals surface area contributed by atoms with Crippen LogP contribution >= 0.6 is 0 Å². The number of carbonyl (C=O) groups excluding carboxylic acids is 1. The van der Waals surface area contributed by atoms with Crippen molar-refractivity contribution in [3.63, 3.8) is 0 Å². The molecule has 0 saturated heterocycles. The summed E-state index contributed by atoms with van der Waals surface area (Å²) in [6, 6.07) is 0. The first kappa shape index (κ1) is 9.83. The van der Waals surface area contributed by atoms with Gasteiger partial charge in [0.1, 0.15) is 0 Å². The van der Waals surface area contributed by atoms with Crippen LogP contribution in [0, 0.1) is 12.3 Å². The van der Waals surface area contributed by atoms with Gasteiger partial charge in [-0.25, -0.2) is 4.79 Å². The molecule has 0 aromatic heterocycles. The lowest BCUT2D eigenvalue weighted by Crippen LogP contribution is -2.31. The molecule has 0 atom stereocenters. The summed E-state index contributed by atoms with van der Waals surface area (Å²) >= 11 is 0. The highest BCUT2D eigenvalue weighted by molar-refractivity contribution is 5.67. The van der Waals surface area contributed by atoms with E-state index in [-0.39, 0.29) is 6.09 Å². The maximum Gasteiger partial charge on any atom is 0.410 e. The summed E-state index contributed by atoms with van der Waals surface area (Å²) in [5.41, 5.74) is 0. The zero-order chi connectivity index (χ0) is 8.69. The molecule has 11 heavy (non-hydrogen) atoms. The van der Waals surface area contributed by atoms with Gasteiger partial charge in [-0.05, 0) is 6.42 Å². The molecule has 0 bridgehead atoms. The third-order valence-electron chi connectivity index (χ3n) is 1.21. The number of amides is 1. The third kappa shape index (κ3) is 3.51. The molecular formula is C8H13NO2. The van der Waals surface area contributed by atoms with Crippen molar-refractivity contribution in [1.29, 1.82) is 0 Å². The van der Waals surface area contributed by atoms with E-state index in [2.05, 4.69) is 10.7 Å². The minimum Gasteiger partial charge on any atom is -0.453 e. The van der Waals surface area contributed by atoms with E-state index in [1.165, 1.54) is 12.0 Å². The smallest absolute Gasteiger partial charge is 0.410 e. The van der Waals surface area contributed by atoms with Crippen molar-refractivity contribution in [1.82, 2.24) is 4.90 Å². The van der Waals surface area contributed by atoms with Gasteiger partial charge in [0, 0.05) is 6.54 Å². The van der Waals surface area contributed by atoms with Crippen molar-refractivity contribution in [3.05, 3.63) is 0 Å². The number of ether oxygens (including phenoxy) is 1. The molecule has 3 heteroatoms. The molecular weight excluding hydrogens is 142 g/mol. The van der Waals surface area contributed by atoms with Gasteiger partial charge in [-0.15, -0.1) is 6.42 Å².